The van der Waals surface area contributed by atoms with Gasteiger partial charge in [-0.05, 0) is 36.4 Å². The lowest BCUT2D eigenvalue weighted by Gasteiger charge is -2.09. The lowest BCUT2D eigenvalue weighted by atomic mass is 10.1. The molecular weight excluding hydrogens is 337 g/mol. The minimum absolute atomic E-state index is 0.139. The van der Waals surface area contributed by atoms with E-state index in [4.69, 9.17) is 5.73 Å². The van der Waals surface area contributed by atoms with Crippen molar-refractivity contribution in [2.75, 3.05) is 11.1 Å². The maximum Gasteiger partial charge on any atom is 0.222 e. The minimum atomic E-state index is -0.409. The zero-order valence-electron chi connectivity index (χ0n) is 13.0. The van der Waals surface area contributed by atoms with E-state index in [0.717, 1.165) is 16.5 Å². The summed E-state index contributed by atoms with van der Waals surface area (Å²) >= 11 is 4.02. The van der Waals surface area contributed by atoms with Gasteiger partial charge in [0.25, 0.3) is 0 Å². The average molecular weight is 351 g/mol. The Morgan fingerprint density at radius 2 is 1.92 bits per heavy atom. The number of hydrogen-bond donors (Lipinski definition) is 4. The SMILES string of the molecule is Nc1nc(Nc2ccc(S)c(F)c2)cc(-c2ccc3[nH]ccc3c2)n1. The molecule has 0 aliphatic carbocycles. The average Bonchev–Trinajstić information content (AvgIpc) is 3.05. The molecule has 0 saturated carbocycles. The monoisotopic (exact) mass is 351 g/mol. The Hall–Kier alpha value is -3.06. The Morgan fingerprint density at radius 3 is 2.76 bits per heavy atom. The maximum atomic E-state index is 13.6. The Bertz CT molecular complexity index is 1080. The largest absolute Gasteiger partial charge is 0.368 e. The molecule has 0 unspecified atom stereocenters. The van der Waals surface area contributed by atoms with Crippen LogP contribution in [0.5, 0.6) is 0 Å². The van der Waals surface area contributed by atoms with Crippen LogP contribution in [0.2, 0.25) is 0 Å². The fourth-order valence-corrected chi connectivity index (χ4v) is 2.76. The minimum Gasteiger partial charge on any atom is -0.368 e. The van der Waals surface area contributed by atoms with Crippen LogP contribution in [-0.4, -0.2) is 15.0 Å². The van der Waals surface area contributed by atoms with Crippen molar-refractivity contribution in [3.8, 4) is 11.3 Å². The molecule has 0 atom stereocenters. The molecule has 4 N–H and O–H groups in total. The highest BCUT2D eigenvalue weighted by molar-refractivity contribution is 7.80. The van der Waals surface area contributed by atoms with Gasteiger partial charge in [0.2, 0.25) is 5.95 Å². The molecule has 7 heteroatoms. The number of halogens is 1. The van der Waals surface area contributed by atoms with Crippen molar-refractivity contribution >= 4 is 41.0 Å². The number of H-pyrrole nitrogens is 1. The van der Waals surface area contributed by atoms with Gasteiger partial charge in [0.05, 0.1) is 5.69 Å². The van der Waals surface area contributed by atoms with Crippen molar-refractivity contribution in [3.63, 3.8) is 0 Å². The van der Waals surface area contributed by atoms with Crippen LogP contribution in [0.1, 0.15) is 0 Å². The molecule has 2 heterocycles. The number of aromatic nitrogens is 3. The summed E-state index contributed by atoms with van der Waals surface area (Å²) in [4.78, 5) is 11.9. The van der Waals surface area contributed by atoms with Crippen LogP contribution in [0.15, 0.2) is 59.6 Å². The molecule has 0 radical (unpaired) electrons. The Labute approximate surface area is 148 Å². The van der Waals surface area contributed by atoms with Crippen LogP contribution in [0.3, 0.4) is 0 Å². The van der Waals surface area contributed by atoms with Crippen molar-refractivity contribution < 1.29 is 4.39 Å². The van der Waals surface area contributed by atoms with Crippen LogP contribution < -0.4 is 11.1 Å². The number of thiol groups is 1. The van der Waals surface area contributed by atoms with E-state index in [1.807, 2.05) is 30.5 Å². The zero-order valence-corrected chi connectivity index (χ0v) is 13.9. The highest BCUT2D eigenvalue weighted by Gasteiger charge is 2.08. The number of nitrogens with two attached hydrogens (primary N) is 1. The molecule has 5 nitrogen and oxygen atoms in total. The number of rotatable bonds is 3. The predicted molar refractivity (Wildman–Crippen MR) is 101 cm³/mol. The van der Waals surface area contributed by atoms with E-state index in [0.29, 0.717) is 17.2 Å². The quantitative estimate of drug-likeness (QED) is 0.413. The maximum absolute atomic E-state index is 13.6. The summed E-state index contributed by atoms with van der Waals surface area (Å²) in [6, 6.07) is 14.4. The molecule has 0 spiro atoms. The van der Waals surface area contributed by atoms with Gasteiger partial charge < -0.3 is 16.0 Å². The molecule has 2 aromatic heterocycles. The topological polar surface area (TPSA) is 79.6 Å². The second-order valence-electron chi connectivity index (χ2n) is 5.57. The van der Waals surface area contributed by atoms with E-state index in [1.54, 1.807) is 18.2 Å². The van der Waals surface area contributed by atoms with Gasteiger partial charge in [0.15, 0.2) is 0 Å². The van der Waals surface area contributed by atoms with Gasteiger partial charge >= 0.3 is 0 Å². The van der Waals surface area contributed by atoms with Crippen LogP contribution in [0.25, 0.3) is 22.2 Å². The molecule has 0 amide bonds. The second kappa shape index (κ2) is 6.10. The molecular formula is C18H14FN5S. The first-order valence-electron chi connectivity index (χ1n) is 7.56. The molecule has 25 heavy (non-hydrogen) atoms. The predicted octanol–water partition coefficient (Wildman–Crippen LogP) is 4.38. The van der Waals surface area contributed by atoms with Crippen LogP contribution in [0, 0.1) is 5.82 Å². The summed E-state index contributed by atoms with van der Waals surface area (Å²) in [6.45, 7) is 0. The third-order valence-corrected chi connectivity index (χ3v) is 4.18. The summed E-state index contributed by atoms with van der Waals surface area (Å²) in [5.74, 6) is 0.219. The van der Waals surface area contributed by atoms with E-state index < -0.39 is 5.82 Å². The first-order valence-corrected chi connectivity index (χ1v) is 8.01. The molecule has 124 valence electrons. The fraction of sp³-hybridized carbons (Fsp3) is 0. The van der Waals surface area contributed by atoms with Crippen molar-refractivity contribution in [3.05, 3.63) is 60.5 Å². The van der Waals surface area contributed by atoms with Crippen molar-refractivity contribution in [1.29, 1.82) is 0 Å². The number of nitrogens with one attached hydrogen (secondary N) is 2. The lowest BCUT2D eigenvalue weighted by molar-refractivity contribution is 0.603. The normalized spacial score (nSPS) is 11.0. The summed E-state index contributed by atoms with van der Waals surface area (Å²) in [5, 5.41) is 4.12. The molecule has 0 fully saturated rings. The summed E-state index contributed by atoms with van der Waals surface area (Å²) < 4.78 is 13.6. The van der Waals surface area contributed by atoms with Crippen molar-refractivity contribution in [2.24, 2.45) is 0 Å². The molecule has 0 saturated heterocycles. The van der Waals surface area contributed by atoms with Crippen molar-refractivity contribution in [1.82, 2.24) is 15.0 Å². The molecule has 0 bridgehead atoms. The number of aromatic amines is 1. The number of fused-ring (bicyclic) bond motifs is 1. The van der Waals surface area contributed by atoms with Gasteiger partial charge in [-0.3, -0.25) is 0 Å². The van der Waals surface area contributed by atoms with Gasteiger partial charge in [-0.2, -0.15) is 4.98 Å². The Balaban J connectivity index is 1.71. The fourth-order valence-electron chi connectivity index (χ4n) is 2.62. The van der Waals surface area contributed by atoms with E-state index in [-0.39, 0.29) is 10.8 Å². The Morgan fingerprint density at radius 1 is 1.04 bits per heavy atom. The van der Waals surface area contributed by atoms with Crippen LogP contribution in [-0.2, 0) is 0 Å². The lowest BCUT2D eigenvalue weighted by Crippen LogP contribution is -2.01. The first-order chi connectivity index (χ1) is 12.1. The van der Waals surface area contributed by atoms with E-state index in [9.17, 15) is 4.39 Å². The van der Waals surface area contributed by atoms with Gasteiger partial charge in [0, 0.05) is 39.3 Å². The number of anilines is 3. The van der Waals surface area contributed by atoms with Crippen LogP contribution >= 0.6 is 12.6 Å². The summed E-state index contributed by atoms with van der Waals surface area (Å²) in [7, 11) is 0. The number of nitrogen functional groups attached to an aromatic ring is 1. The van der Waals surface area contributed by atoms with E-state index >= 15 is 0 Å². The third kappa shape index (κ3) is 3.14. The first kappa shape index (κ1) is 15.5. The molecule has 2 aromatic carbocycles. The van der Waals surface area contributed by atoms with Crippen molar-refractivity contribution in [2.45, 2.75) is 4.90 Å². The van der Waals surface area contributed by atoms with E-state index in [2.05, 4.69) is 32.9 Å². The molecule has 0 aliphatic heterocycles. The molecule has 0 aliphatic rings. The van der Waals surface area contributed by atoms with Gasteiger partial charge in [-0.25, -0.2) is 9.37 Å². The summed E-state index contributed by atoms with van der Waals surface area (Å²) in [6.07, 6.45) is 1.88. The van der Waals surface area contributed by atoms with Gasteiger partial charge in [0.1, 0.15) is 11.6 Å². The van der Waals surface area contributed by atoms with Gasteiger partial charge in [-0.15, -0.1) is 12.6 Å². The number of hydrogen-bond acceptors (Lipinski definition) is 5. The highest BCUT2D eigenvalue weighted by Crippen LogP contribution is 2.26. The third-order valence-electron chi connectivity index (χ3n) is 3.81. The van der Waals surface area contributed by atoms with Gasteiger partial charge in [-0.1, -0.05) is 6.07 Å². The zero-order chi connectivity index (χ0) is 17.4. The summed E-state index contributed by atoms with van der Waals surface area (Å²) in [5.41, 5.74) is 9.05. The number of benzene rings is 2. The molecule has 4 aromatic rings. The Kier molecular flexibility index (Phi) is 3.77. The smallest absolute Gasteiger partial charge is 0.222 e. The number of nitrogens with zero attached hydrogens (tertiary/aromatic N) is 2. The standard InChI is InChI=1S/C18H14FN5S/c19-13-8-12(2-4-16(13)25)22-17-9-15(23-18(20)24-17)10-1-3-14-11(7-10)5-6-21-14/h1-9,21,25H,(H3,20,22,23,24). The second-order valence-corrected chi connectivity index (χ2v) is 6.05. The van der Waals surface area contributed by atoms with E-state index in [1.165, 1.54) is 6.07 Å². The van der Waals surface area contributed by atoms with Crippen LogP contribution in [0.4, 0.5) is 21.8 Å². The highest BCUT2D eigenvalue weighted by atomic mass is 32.1. The molecule has 4 rings (SSSR count).